The second-order valence-corrected chi connectivity index (χ2v) is 3.99. The molecule has 0 fully saturated rings. The molecule has 2 aromatic rings. The van der Waals surface area contributed by atoms with Crippen LogP contribution in [-0.4, -0.2) is 5.71 Å². The minimum absolute atomic E-state index is 1.03. The van der Waals surface area contributed by atoms with Crippen molar-refractivity contribution >= 4 is 22.2 Å². The van der Waals surface area contributed by atoms with Gasteiger partial charge in [0.25, 0.3) is 0 Å². The largest absolute Gasteiger partial charge is 0.257 e. The summed E-state index contributed by atoms with van der Waals surface area (Å²) in [6, 6.07) is 12.9. The number of rotatable bonds is 1. The Morgan fingerprint density at radius 1 is 1.13 bits per heavy atom. The van der Waals surface area contributed by atoms with E-state index in [2.05, 4.69) is 48.3 Å². The van der Waals surface area contributed by atoms with Gasteiger partial charge in [-0.25, -0.2) is 0 Å². The van der Waals surface area contributed by atoms with E-state index in [1.165, 1.54) is 27.7 Å². The van der Waals surface area contributed by atoms with Crippen molar-refractivity contribution in [2.45, 2.75) is 19.8 Å². The van der Waals surface area contributed by atoms with Crippen LogP contribution in [0, 0.1) is 0 Å². The Balaban J connectivity index is 2.25. The van der Waals surface area contributed by atoms with Crippen LogP contribution in [-0.2, 0) is 6.42 Å². The summed E-state index contributed by atoms with van der Waals surface area (Å²) in [6.07, 6.45) is 2.09. The lowest BCUT2D eigenvalue weighted by molar-refractivity contribution is 1.23. The molecule has 2 aromatic carbocycles. The maximum absolute atomic E-state index is 4.64. The molecule has 1 aliphatic rings. The molecule has 0 spiro atoms. The zero-order valence-electron chi connectivity index (χ0n) is 8.83. The van der Waals surface area contributed by atoms with E-state index in [1.54, 1.807) is 0 Å². The molecule has 1 heteroatoms. The summed E-state index contributed by atoms with van der Waals surface area (Å²) in [5.74, 6) is 0. The Kier molecular flexibility index (Phi) is 1.84. The summed E-state index contributed by atoms with van der Waals surface area (Å²) in [7, 11) is 0. The smallest absolute Gasteiger partial charge is 0.0671 e. The summed E-state index contributed by atoms with van der Waals surface area (Å²) in [5.41, 5.74) is 3.89. The number of aliphatic imine (C=N–C) groups is 1. The highest BCUT2D eigenvalue weighted by atomic mass is 14.8. The van der Waals surface area contributed by atoms with Gasteiger partial charge < -0.3 is 0 Å². The fourth-order valence-corrected chi connectivity index (χ4v) is 2.23. The van der Waals surface area contributed by atoms with Gasteiger partial charge in [-0.2, -0.15) is 0 Å². The molecule has 0 aromatic heterocycles. The van der Waals surface area contributed by atoms with E-state index < -0.39 is 0 Å². The Labute approximate surface area is 89.5 Å². The predicted molar refractivity (Wildman–Crippen MR) is 65.0 cm³/mol. The Bertz CT molecular complexity index is 552. The summed E-state index contributed by atoms with van der Waals surface area (Å²) >= 11 is 0. The van der Waals surface area contributed by atoms with Crippen LogP contribution in [0.4, 0.5) is 5.69 Å². The zero-order valence-corrected chi connectivity index (χ0v) is 8.83. The number of hydrogen-bond donors (Lipinski definition) is 0. The lowest BCUT2D eigenvalue weighted by atomic mass is 10.0. The third-order valence-corrected chi connectivity index (χ3v) is 3.08. The Hall–Kier alpha value is -1.63. The first-order chi connectivity index (χ1) is 7.38. The average molecular weight is 195 g/mol. The van der Waals surface area contributed by atoms with Gasteiger partial charge in [0.1, 0.15) is 0 Å². The Morgan fingerprint density at radius 2 is 2.00 bits per heavy atom. The van der Waals surface area contributed by atoms with Crippen LogP contribution in [0.3, 0.4) is 0 Å². The van der Waals surface area contributed by atoms with Crippen LogP contribution in [0.15, 0.2) is 41.4 Å². The summed E-state index contributed by atoms with van der Waals surface area (Å²) in [4.78, 5) is 4.64. The zero-order chi connectivity index (χ0) is 10.3. The van der Waals surface area contributed by atoms with Gasteiger partial charge in [-0.3, -0.25) is 4.99 Å². The molecule has 1 aliphatic heterocycles. The molecule has 0 unspecified atom stereocenters. The van der Waals surface area contributed by atoms with E-state index in [1.807, 2.05) is 0 Å². The molecule has 74 valence electrons. The lowest BCUT2D eigenvalue weighted by Crippen LogP contribution is -1.94. The number of benzene rings is 2. The molecule has 0 N–H and O–H groups in total. The number of nitrogens with zero attached hydrogens (tertiary/aromatic N) is 1. The highest BCUT2D eigenvalue weighted by Crippen LogP contribution is 2.33. The van der Waals surface area contributed by atoms with E-state index in [0.29, 0.717) is 0 Å². The van der Waals surface area contributed by atoms with Crippen molar-refractivity contribution in [3.63, 3.8) is 0 Å². The summed E-state index contributed by atoms with van der Waals surface area (Å²) in [6.45, 7) is 2.17. The van der Waals surface area contributed by atoms with Gasteiger partial charge >= 0.3 is 0 Å². The maximum atomic E-state index is 4.64. The van der Waals surface area contributed by atoms with Crippen molar-refractivity contribution < 1.29 is 0 Å². The second-order valence-electron chi connectivity index (χ2n) is 3.99. The molecule has 1 nitrogen and oxygen atoms in total. The molecular weight excluding hydrogens is 182 g/mol. The van der Waals surface area contributed by atoms with Crippen LogP contribution in [0.2, 0.25) is 0 Å². The minimum Gasteiger partial charge on any atom is -0.257 e. The van der Waals surface area contributed by atoms with Crippen LogP contribution < -0.4 is 0 Å². The summed E-state index contributed by atoms with van der Waals surface area (Å²) < 4.78 is 0. The first kappa shape index (κ1) is 8.66. The van der Waals surface area contributed by atoms with Gasteiger partial charge in [0.05, 0.1) is 5.69 Å². The predicted octanol–water partition coefficient (Wildman–Crippen LogP) is 3.88. The van der Waals surface area contributed by atoms with Crippen LogP contribution in [0.1, 0.15) is 18.9 Å². The van der Waals surface area contributed by atoms with Crippen molar-refractivity contribution in [1.29, 1.82) is 0 Å². The topological polar surface area (TPSA) is 12.4 Å². The number of fused-ring (bicyclic) bond motifs is 3. The third-order valence-electron chi connectivity index (χ3n) is 3.08. The van der Waals surface area contributed by atoms with Crippen molar-refractivity contribution in [3.8, 4) is 0 Å². The minimum atomic E-state index is 1.03. The van der Waals surface area contributed by atoms with Crippen LogP contribution in [0.5, 0.6) is 0 Å². The first-order valence-electron chi connectivity index (χ1n) is 5.45. The average Bonchev–Trinajstić information content (AvgIpc) is 2.72. The van der Waals surface area contributed by atoms with Crippen molar-refractivity contribution in [1.82, 2.24) is 0 Å². The van der Waals surface area contributed by atoms with E-state index in [-0.39, 0.29) is 0 Å². The van der Waals surface area contributed by atoms with Gasteiger partial charge in [-0.15, -0.1) is 0 Å². The quantitative estimate of drug-likeness (QED) is 0.654. The van der Waals surface area contributed by atoms with Crippen LogP contribution >= 0.6 is 0 Å². The van der Waals surface area contributed by atoms with E-state index >= 15 is 0 Å². The van der Waals surface area contributed by atoms with Gasteiger partial charge in [0.2, 0.25) is 0 Å². The molecule has 0 atom stereocenters. The molecule has 0 aliphatic carbocycles. The SMILES string of the molecule is CCC1=Nc2ccc3ccccc3c2C1. The van der Waals surface area contributed by atoms with Gasteiger partial charge in [-0.1, -0.05) is 37.3 Å². The summed E-state index contributed by atoms with van der Waals surface area (Å²) in [5, 5.41) is 2.69. The molecule has 0 amide bonds. The fraction of sp³-hybridized carbons (Fsp3) is 0.214. The van der Waals surface area contributed by atoms with E-state index in [0.717, 1.165) is 12.8 Å². The molecule has 15 heavy (non-hydrogen) atoms. The van der Waals surface area contributed by atoms with Gasteiger partial charge in [0.15, 0.2) is 0 Å². The molecule has 0 saturated heterocycles. The standard InChI is InChI=1S/C14H13N/c1-2-11-9-13-12-6-4-3-5-10(12)7-8-14(13)15-11/h3-8H,2,9H2,1H3. The molecule has 0 radical (unpaired) electrons. The van der Waals surface area contributed by atoms with E-state index in [4.69, 9.17) is 0 Å². The van der Waals surface area contributed by atoms with Gasteiger partial charge in [-0.05, 0) is 28.8 Å². The highest BCUT2D eigenvalue weighted by Gasteiger charge is 2.15. The molecular formula is C14H13N. The monoisotopic (exact) mass is 195 g/mol. The fourth-order valence-electron chi connectivity index (χ4n) is 2.23. The Morgan fingerprint density at radius 3 is 2.87 bits per heavy atom. The van der Waals surface area contributed by atoms with Crippen molar-refractivity contribution in [2.24, 2.45) is 4.99 Å². The van der Waals surface area contributed by atoms with E-state index in [9.17, 15) is 0 Å². The molecule has 3 rings (SSSR count). The normalized spacial score (nSPS) is 14.1. The van der Waals surface area contributed by atoms with Crippen molar-refractivity contribution in [3.05, 3.63) is 42.0 Å². The maximum Gasteiger partial charge on any atom is 0.0671 e. The van der Waals surface area contributed by atoms with Crippen molar-refractivity contribution in [2.75, 3.05) is 0 Å². The van der Waals surface area contributed by atoms with Crippen LogP contribution in [0.25, 0.3) is 10.8 Å². The number of hydrogen-bond acceptors (Lipinski definition) is 1. The molecule has 0 saturated carbocycles. The highest BCUT2D eigenvalue weighted by molar-refractivity contribution is 6.01. The molecule has 0 bridgehead atoms. The van der Waals surface area contributed by atoms with Gasteiger partial charge in [0, 0.05) is 12.1 Å². The molecule has 1 heterocycles. The second kappa shape index (κ2) is 3.20. The lowest BCUT2D eigenvalue weighted by Gasteiger charge is -2.03. The first-order valence-corrected chi connectivity index (χ1v) is 5.45. The third kappa shape index (κ3) is 1.27.